The molecule has 4 rings (SSSR count). The number of anilines is 1. The van der Waals surface area contributed by atoms with Gasteiger partial charge < -0.3 is 10.1 Å². The van der Waals surface area contributed by atoms with Crippen molar-refractivity contribution in [3.63, 3.8) is 0 Å². The normalized spacial score (nSPS) is 14.4. The Hall–Kier alpha value is -2.03. The van der Waals surface area contributed by atoms with Gasteiger partial charge in [0.25, 0.3) is 5.56 Å². The number of benzene rings is 1. The molecule has 1 aromatic carbocycles. The molecule has 164 valence electrons. The number of rotatable bonds is 5. The highest BCUT2D eigenvalue weighted by molar-refractivity contribution is 8.00. The lowest BCUT2D eigenvalue weighted by Gasteiger charge is -2.16. The summed E-state index contributed by atoms with van der Waals surface area (Å²) in [6.45, 7) is 3.66. The number of amides is 1. The van der Waals surface area contributed by atoms with E-state index in [1.165, 1.54) is 29.3 Å². The number of thioether (sulfide) groups is 1. The smallest absolute Gasteiger partial charge is 0.262 e. The van der Waals surface area contributed by atoms with Crippen molar-refractivity contribution < 1.29 is 9.53 Å². The van der Waals surface area contributed by atoms with Gasteiger partial charge in [-0.3, -0.25) is 14.2 Å². The van der Waals surface area contributed by atoms with E-state index in [1.807, 2.05) is 6.92 Å². The average molecular weight is 478 g/mol. The second-order valence-electron chi connectivity index (χ2n) is 7.70. The molecule has 1 atom stereocenters. The Balaban J connectivity index is 1.59. The minimum atomic E-state index is -0.467. The summed E-state index contributed by atoms with van der Waals surface area (Å²) in [6, 6.07) is 3.47. The van der Waals surface area contributed by atoms with E-state index in [-0.39, 0.29) is 11.5 Å². The van der Waals surface area contributed by atoms with E-state index < -0.39 is 5.25 Å². The number of hydrogen-bond donors (Lipinski definition) is 1. The molecule has 1 aliphatic carbocycles. The summed E-state index contributed by atoms with van der Waals surface area (Å²) < 4.78 is 6.90. The van der Waals surface area contributed by atoms with E-state index in [9.17, 15) is 9.59 Å². The molecule has 0 bridgehead atoms. The zero-order chi connectivity index (χ0) is 22.3. The number of aryl methyl sites for hydroxylation is 3. The fourth-order valence-corrected chi connectivity index (χ4v) is 6.08. The lowest BCUT2D eigenvalue weighted by molar-refractivity contribution is -0.115. The number of carbonyl (C=O) groups is 1. The third-order valence-corrected chi connectivity index (χ3v) is 8.28. The maximum Gasteiger partial charge on any atom is 0.262 e. The van der Waals surface area contributed by atoms with Crippen molar-refractivity contribution in [1.82, 2.24) is 9.55 Å². The summed E-state index contributed by atoms with van der Waals surface area (Å²) in [5.74, 6) is 0.294. The highest BCUT2D eigenvalue weighted by atomic mass is 35.5. The largest absolute Gasteiger partial charge is 0.495 e. The molecule has 2 heterocycles. The van der Waals surface area contributed by atoms with Crippen LogP contribution >= 0.6 is 34.7 Å². The first-order chi connectivity index (χ1) is 14.8. The van der Waals surface area contributed by atoms with Gasteiger partial charge in [0.15, 0.2) is 5.16 Å². The first-order valence-corrected chi connectivity index (χ1v) is 12.2. The van der Waals surface area contributed by atoms with Crippen LogP contribution in [0.15, 0.2) is 22.1 Å². The summed E-state index contributed by atoms with van der Waals surface area (Å²) >= 11 is 9.04. The maximum absolute atomic E-state index is 13.1. The number of halogens is 1. The molecular formula is C22H24ClN3O3S2. The van der Waals surface area contributed by atoms with Crippen molar-refractivity contribution in [3.8, 4) is 5.75 Å². The minimum Gasteiger partial charge on any atom is -0.495 e. The Labute approximate surface area is 194 Å². The predicted molar refractivity (Wildman–Crippen MR) is 128 cm³/mol. The molecule has 1 amide bonds. The molecule has 1 aliphatic rings. The molecular weight excluding hydrogens is 454 g/mol. The monoisotopic (exact) mass is 477 g/mol. The highest BCUT2D eigenvalue weighted by Crippen LogP contribution is 2.35. The Morgan fingerprint density at radius 1 is 1.35 bits per heavy atom. The Morgan fingerprint density at radius 2 is 2.10 bits per heavy atom. The van der Waals surface area contributed by atoms with Gasteiger partial charge in [0.05, 0.1) is 23.4 Å². The number of methoxy groups -OCH3 is 1. The average Bonchev–Trinajstić information content (AvgIpc) is 3.12. The number of nitrogens with zero attached hydrogens (tertiary/aromatic N) is 2. The third kappa shape index (κ3) is 4.21. The minimum absolute atomic E-state index is 0.0329. The second kappa shape index (κ2) is 8.84. The van der Waals surface area contributed by atoms with E-state index in [0.717, 1.165) is 41.5 Å². The first-order valence-electron chi connectivity index (χ1n) is 10.1. The Kier molecular flexibility index (Phi) is 6.32. The van der Waals surface area contributed by atoms with Gasteiger partial charge in [-0.1, -0.05) is 23.4 Å². The lowest BCUT2D eigenvalue weighted by Crippen LogP contribution is -2.26. The van der Waals surface area contributed by atoms with E-state index in [4.69, 9.17) is 21.3 Å². The zero-order valence-electron chi connectivity index (χ0n) is 17.9. The first kappa shape index (κ1) is 22.2. The summed E-state index contributed by atoms with van der Waals surface area (Å²) in [6.07, 6.45) is 4.24. The molecule has 0 saturated carbocycles. The highest BCUT2D eigenvalue weighted by Gasteiger charge is 2.24. The molecule has 0 saturated heterocycles. The SMILES string of the molecule is COc1cc(Cl)c(C)cc1NC(=O)C(C)Sc1nc2sc3c(c2c(=O)n1C)CCCC3. The summed E-state index contributed by atoms with van der Waals surface area (Å²) in [5.41, 5.74) is 2.54. The van der Waals surface area contributed by atoms with E-state index >= 15 is 0 Å². The van der Waals surface area contributed by atoms with E-state index in [1.54, 1.807) is 42.0 Å². The number of fused-ring (bicyclic) bond motifs is 3. The molecule has 0 fully saturated rings. The van der Waals surface area contributed by atoms with Crippen LogP contribution < -0.4 is 15.6 Å². The van der Waals surface area contributed by atoms with Crippen molar-refractivity contribution in [2.75, 3.05) is 12.4 Å². The van der Waals surface area contributed by atoms with Gasteiger partial charge in [0.2, 0.25) is 5.91 Å². The van der Waals surface area contributed by atoms with Crippen molar-refractivity contribution in [1.29, 1.82) is 0 Å². The van der Waals surface area contributed by atoms with Crippen LogP contribution in [0.25, 0.3) is 10.2 Å². The summed E-state index contributed by atoms with van der Waals surface area (Å²) in [5, 5.41) is 4.30. The molecule has 0 aliphatic heterocycles. The fourth-order valence-electron chi connectivity index (χ4n) is 3.75. The molecule has 6 nitrogen and oxygen atoms in total. The van der Waals surface area contributed by atoms with Gasteiger partial charge >= 0.3 is 0 Å². The molecule has 1 N–H and O–H groups in total. The van der Waals surface area contributed by atoms with Crippen LogP contribution in [0.3, 0.4) is 0 Å². The number of ether oxygens (including phenoxy) is 1. The third-order valence-electron chi connectivity index (χ3n) is 5.55. The number of aromatic nitrogens is 2. The van der Waals surface area contributed by atoms with Crippen LogP contribution in [0.5, 0.6) is 5.75 Å². The van der Waals surface area contributed by atoms with Crippen molar-refractivity contribution in [2.45, 2.75) is 49.9 Å². The summed E-state index contributed by atoms with van der Waals surface area (Å²) in [4.78, 5) is 32.7. The summed E-state index contributed by atoms with van der Waals surface area (Å²) in [7, 11) is 3.25. The molecule has 0 radical (unpaired) electrons. The number of nitrogens with one attached hydrogen (secondary N) is 1. The van der Waals surface area contributed by atoms with Crippen molar-refractivity contribution in [3.05, 3.63) is 43.5 Å². The number of carbonyl (C=O) groups excluding carboxylic acids is 1. The van der Waals surface area contributed by atoms with Gasteiger partial charge in [-0.25, -0.2) is 4.98 Å². The molecule has 3 aromatic rings. The van der Waals surface area contributed by atoms with E-state index in [0.29, 0.717) is 21.6 Å². The van der Waals surface area contributed by atoms with Crippen molar-refractivity contribution >= 4 is 56.5 Å². The molecule has 1 unspecified atom stereocenters. The fraction of sp³-hybridized carbons (Fsp3) is 0.409. The topological polar surface area (TPSA) is 73.2 Å². The van der Waals surface area contributed by atoms with Gasteiger partial charge in [0, 0.05) is 23.0 Å². The zero-order valence-corrected chi connectivity index (χ0v) is 20.3. The Morgan fingerprint density at radius 3 is 2.84 bits per heavy atom. The van der Waals surface area contributed by atoms with Gasteiger partial charge in [-0.2, -0.15) is 0 Å². The van der Waals surface area contributed by atoms with Crippen LogP contribution in [-0.2, 0) is 24.7 Å². The van der Waals surface area contributed by atoms with E-state index in [2.05, 4.69) is 5.32 Å². The van der Waals surface area contributed by atoms with Gasteiger partial charge in [-0.15, -0.1) is 11.3 Å². The van der Waals surface area contributed by atoms with Gasteiger partial charge in [-0.05, 0) is 56.7 Å². The lowest BCUT2D eigenvalue weighted by atomic mass is 9.97. The number of hydrogen-bond acceptors (Lipinski definition) is 6. The van der Waals surface area contributed by atoms with Crippen molar-refractivity contribution in [2.24, 2.45) is 7.05 Å². The van der Waals surface area contributed by atoms with Gasteiger partial charge in [0.1, 0.15) is 10.6 Å². The predicted octanol–water partition coefficient (Wildman–Crippen LogP) is 4.96. The maximum atomic E-state index is 13.1. The standard InChI is InChI=1S/C22H24ClN3O3S2/c1-11-9-15(16(29-4)10-14(11)23)24-19(27)12(2)30-22-25-20-18(21(28)26(22)3)13-7-5-6-8-17(13)31-20/h9-10,12H,5-8H2,1-4H3,(H,24,27). The molecule has 31 heavy (non-hydrogen) atoms. The molecule has 0 spiro atoms. The van der Waals surface area contributed by atoms with Crippen LogP contribution in [0.1, 0.15) is 35.8 Å². The molecule has 2 aromatic heterocycles. The van der Waals surface area contributed by atoms with Crippen LogP contribution in [0, 0.1) is 6.92 Å². The number of thiophene rings is 1. The quantitative estimate of drug-likeness (QED) is 0.415. The second-order valence-corrected chi connectivity index (χ2v) is 10.5. The molecule has 9 heteroatoms. The van der Waals surface area contributed by atoms with Crippen LogP contribution in [0.4, 0.5) is 5.69 Å². The van der Waals surface area contributed by atoms with Crippen LogP contribution in [-0.4, -0.2) is 27.8 Å². The Bertz CT molecular complexity index is 1240. The van der Waals surface area contributed by atoms with Crippen LogP contribution in [0.2, 0.25) is 5.02 Å².